The molecule has 80 valence electrons. The number of hydrogen-bond donors (Lipinski definition) is 2. The molecule has 15 heavy (non-hydrogen) atoms. The molecule has 0 radical (unpaired) electrons. The molecule has 0 saturated heterocycles. The van der Waals surface area contributed by atoms with Crippen LogP contribution in [-0.4, -0.2) is 17.6 Å². The van der Waals surface area contributed by atoms with Crippen molar-refractivity contribution in [3.8, 4) is 0 Å². The van der Waals surface area contributed by atoms with E-state index in [1.807, 2.05) is 32.0 Å². The molecular weight excluding hydrogens is 190 g/mol. The molecule has 2 unspecified atom stereocenters. The Hall–Kier alpha value is -1.51. The van der Waals surface area contributed by atoms with Gasteiger partial charge < -0.3 is 10.4 Å². The Bertz CT molecular complexity index is 401. The van der Waals surface area contributed by atoms with Crippen LogP contribution < -0.4 is 5.32 Å². The molecule has 1 aliphatic rings. The summed E-state index contributed by atoms with van der Waals surface area (Å²) in [6, 6.07) is 5.93. The lowest BCUT2D eigenvalue weighted by atomic mass is 9.83. The fraction of sp³-hybridized carbons (Fsp3) is 0.417. The number of carboxylic acid groups (broad SMARTS) is 1. The molecule has 0 aromatic heterocycles. The summed E-state index contributed by atoms with van der Waals surface area (Å²) in [7, 11) is 0. The van der Waals surface area contributed by atoms with Gasteiger partial charge in [-0.25, -0.2) is 0 Å². The van der Waals surface area contributed by atoms with Gasteiger partial charge in [0.05, 0.1) is 5.92 Å². The van der Waals surface area contributed by atoms with Crippen LogP contribution in [0.5, 0.6) is 0 Å². The maximum Gasteiger partial charge on any atom is 0.311 e. The van der Waals surface area contributed by atoms with Crippen LogP contribution >= 0.6 is 0 Å². The first-order valence-corrected chi connectivity index (χ1v) is 5.17. The molecule has 0 aliphatic carbocycles. The first kappa shape index (κ1) is 10.0. The van der Waals surface area contributed by atoms with Gasteiger partial charge in [0.25, 0.3) is 0 Å². The highest BCUT2D eigenvalue weighted by Gasteiger charge is 2.31. The van der Waals surface area contributed by atoms with Crippen LogP contribution in [0.2, 0.25) is 0 Å². The van der Waals surface area contributed by atoms with Gasteiger partial charge in [-0.2, -0.15) is 0 Å². The molecule has 0 saturated carbocycles. The molecule has 2 rings (SSSR count). The molecule has 3 nitrogen and oxygen atoms in total. The summed E-state index contributed by atoms with van der Waals surface area (Å²) in [6.45, 7) is 4.68. The van der Waals surface area contributed by atoms with Crippen LogP contribution in [0.4, 0.5) is 5.69 Å². The predicted molar refractivity (Wildman–Crippen MR) is 59.2 cm³/mol. The normalized spacial score (nSPS) is 24.1. The fourth-order valence-electron chi connectivity index (χ4n) is 2.17. The highest BCUT2D eigenvalue weighted by atomic mass is 16.4. The number of carboxylic acids is 1. The van der Waals surface area contributed by atoms with Crippen LogP contribution in [0.1, 0.15) is 24.0 Å². The standard InChI is InChI=1S/C12H15NO2/c1-7-3-4-10-9(5-7)11(12(14)15)8(2)6-13-10/h3-5,8,11,13H,6H2,1-2H3,(H,14,15). The number of aryl methyl sites for hydroxylation is 1. The molecule has 1 aliphatic heterocycles. The van der Waals surface area contributed by atoms with E-state index in [2.05, 4.69) is 5.32 Å². The van der Waals surface area contributed by atoms with E-state index in [0.717, 1.165) is 23.4 Å². The quantitative estimate of drug-likeness (QED) is 0.739. The summed E-state index contributed by atoms with van der Waals surface area (Å²) in [6.07, 6.45) is 0. The number of nitrogens with one attached hydrogen (secondary N) is 1. The SMILES string of the molecule is Cc1ccc2c(c1)C(C(=O)O)C(C)CN2. The maximum atomic E-state index is 11.2. The van der Waals surface area contributed by atoms with E-state index in [1.54, 1.807) is 0 Å². The van der Waals surface area contributed by atoms with Crippen molar-refractivity contribution in [3.63, 3.8) is 0 Å². The molecule has 0 bridgehead atoms. The van der Waals surface area contributed by atoms with Gasteiger partial charge in [-0.3, -0.25) is 4.79 Å². The van der Waals surface area contributed by atoms with Crippen molar-refractivity contribution in [1.29, 1.82) is 0 Å². The summed E-state index contributed by atoms with van der Waals surface area (Å²) in [5.74, 6) is -0.964. The van der Waals surface area contributed by atoms with Crippen LogP contribution in [0.15, 0.2) is 18.2 Å². The number of aliphatic carboxylic acids is 1. The summed E-state index contributed by atoms with van der Waals surface area (Å²) >= 11 is 0. The topological polar surface area (TPSA) is 49.3 Å². The predicted octanol–water partition coefficient (Wildman–Crippen LogP) is 2.22. The van der Waals surface area contributed by atoms with Crippen LogP contribution in [0.3, 0.4) is 0 Å². The second kappa shape index (κ2) is 3.57. The largest absolute Gasteiger partial charge is 0.481 e. The molecule has 2 N–H and O–H groups in total. The van der Waals surface area contributed by atoms with Gasteiger partial charge in [0, 0.05) is 12.2 Å². The van der Waals surface area contributed by atoms with Gasteiger partial charge in [0.2, 0.25) is 0 Å². The third kappa shape index (κ3) is 1.69. The summed E-state index contributed by atoms with van der Waals surface area (Å²) in [5, 5.41) is 12.5. The Balaban J connectivity index is 2.50. The molecule has 1 aromatic rings. The summed E-state index contributed by atoms with van der Waals surface area (Å²) in [5.41, 5.74) is 2.99. The van der Waals surface area contributed by atoms with Crippen molar-refractivity contribution in [2.45, 2.75) is 19.8 Å². The minimum absolute atomic E-state index is 0.136. The minimum atomic E-state index is -0.726. The zero-order valence-corrected chi connectivity index (χ0v) is 8.95. The number of hydrogen-bond acceptors (Lipinski definition) is 2. The monoisotopic (exact) mass is 205 g/mol. The average molecular weight is 205 g/mol. The number of carbonyl (C=O) groups is 1. The minimum Gasteiger partial charge on any atom is -0.481 e. The van der Waals surface area contributed by atoms with E-state index >= 15 is 0 Å². The average Bonchev–Trinajstić information content (AvgIpc) is 2.16. The molecule has 0 fully saturated rings. The second-order valence-electron chi connectivity index (χ2n) is 4.26. The molecular formula is C12H15NO2. The van der Waals surface area contributed by atoms with Crippen molar-refractivity contribution in [2.24, 2.45) is 5.92 Å². The van der Waals surface area contributed by atoms with E-state index in [4.69, 9.17) is 0 Å². The Kier molecular flexibility index (Phi) is 2.39. The van der Waals surface area contributed by atoms with Crippen LogP contribution in [-0.2, 0) is 4.79 Å². The van der Waals surface area contributed by atoms with Gasteiger partial charge in [0.1, 0.15) is 0 Å². The Morgan fingerprint density at radius 2 is 2.27 bits per heavy atom. The third-order valence-electron chi connectivity index (χ3n) is 2.99. The Morgan fingerprint density at radius 3 is 2.93 bits per heavy atom. The van der Waals surface area contributed by atoms with E-state index in [9.17, 15) is 9.90 Å². The van der Waals surface area contributed by atoms with Gasteiger partial charge >= 0.3 is 5.97 Å². The highest BCUT2D eigenvalue weighted by molar-refractivity contribution is 5.80. The molecule has 2 atom stereocenters. The zero-order valence-electron chi connectivity index (χ0n) is 8.95. The van der Waals surface area contributed by atoms with Gasteiger partial charge in [-0.15, -0.1) is 0 Å². The maximum absolute atomic E-state index is 11.2. The van der Waals surface area contributed by atoms with E-state index in [-0.39, 0.29) is 11.8 Å². The summed E-state index contributed by atoms with van der Waals surface area (Å²) in [4.78, 5) is 11.2. The Labute approximate surface area is 89.1 Å². The van der Waals surface area contributed by atoms with Crippen molar-refractivity contribution in [1.82, 2.24) is 0 Å². The van der Waals surface area contributed by atoms with Gasteiger partial charge in [-0.1, -0.05) is 24.6 Å². The Morgan fingerprint density at radius 1 is 1.53 bits per heavy atom. The molecule has 1 aromatic carbocycles. The first-order valence-electron chi connectivity index (χ1n) is 5.17. The van der Waals surface area contributed by atoms with E-state index in [1.165, 1.54) is 0 Å². The van der Waals surface area contributed by atoms with Crippen molar-refractivity contribution in [3.05, 3.63) is 29.3 Å². The molecule has 0 amide bonds. The smallest absolute Gasteiger partial charge is 0.311 e. The van der Waals surface area contributed by atoms with Crippen molar-refractivity contribution < 1.29 is 9.90 Å². The number of anilines is 1. The number of fused-ring (bicyclic) bond motifs is 1. The van der Waals surface area contributed by atoms with E-state index in [0.29, 0.717) is 0 Å². The fourth-order valence-corrected chi connectivity index (χ4v) is 2.17. The third-order valence-corrected chi connectivity index (χ3v) is 2.99. The molecule has 3 heteroatoms. The lowest BCUT2D eigenvalue weighted by Gasteiger charge is -2.29. The van der Waals surface area contributed by atoms with Crippen molar-refractivity contribution >= 4 is 11.7 Å². The number of rotatable bonds is 1. The zero-order chi connectivity index (χ0) is 11.0. The first-order chi connectivity index (χ1) is 7.09. The second-order valence-corrected chi connectivity index (χ2v) is 4.26. The van der Waals surface area contributed by atoms with Crippen LogP contribution in [0.25, 0.3) is 0 Å². The van der Waals surface area contributed by atoms with E-state index < -0.39 is 5.97 Å². The van der Waals surface area contributed by atoms with Gasteiger partial charge in [-0.05, 0) is 24.5 Å². The lowest BCUT2D eigenvalue weighted by molar-refractivity contribution is -0.140. The van der Waals surface area contributed by atoms with Crippen molar-refractivity contribution in [2.75, 3.05) is 11.9 Å². The lowest BCUT2D eigenvalue weighted by Crippen LogP contribution is -2.30. The number of benzene rings is 1. The summed E-state index contributed by atoms with van der Waals surface area (Å²) < 4.78 is 0. The highest BCUT2D eigenvalue weighted by Crippen LogP contribution is 2.35. The van der Waals surface area contributed by atoms with Crippen LogP contribution in [0, 0.1) is 12.8 Å². The van der Waals surface area contributed by atoms with Gasteiger partial charge in [0.15, 0.2) is 0 Å². The molecule has 1 heterocycles. The molecule has 0 spiro atoms.